The topological polar surface area (TPSA) is 74.8 Å². The summed E-state index contributed by atoms with van der Waals surface area (Å²) < 4.78 is 41.6. The molecule has 30 heavy (non-hydrogen) atoms. The number of carbonyl (C=O) groups excluding carboxylic acids is 2. The zero-order valence-corrected chi connectivity index (χ0v) is 18.9. The lowest BCUT2D eigenvalue weighted by Gasteiger charge is -2.34. The number of nitrogens with zero attached hydrogens (tertiary/aromatic N) is 2. The maximum Gasteiger partial charge on any atom is 0.243 e. The molecule has 0 bridgehead atoms. The molecule has 0 unspecified atom stereocenters. The number of carbonyl (C=O) groups is 2. The number of hydrogen-bond donors (Lipinski definition) is 0. The van der Waals surface area contributed by atoms with Gasteiger partial charge in [0, 0.05) is 42.6 Å². The summed E-state index contributed by atoms with van der Waals surface area (Å²) in [7, 11) is -3.74. The molecular formula is C21H22BrFN2O4S. The van der Waals surface area contributed by atoms with Gasteiger partial charge in [0.05, 0.1) is 4.90 Å². The highest BCUT2D eigenvalue weighted by atomic mass is 79.9. The molecule has 1 fully saturated rings. The molecule has 1 aliphatic heterocycles. The predicted molar refractivity (Wildman–Crippen MR) is 114 cm³/mol. The largest absolute Gasteiger partial charge is 0.340 e. The number of aryl methyl sites for hydroxylation is 1. The van der Waals surface area contributed by atoms with Crippen molar-refractivity contribution in [3.63, 3.8) is 0 Å². The fourth-order valence-corrected chi connectivity index (χ4v) is 5.13. The summed E-state index contributed by atoms with van der Waals surface area (Å²) in [5, 5.41) is 0. The Hall–Kier alpha value is -2.10. The molecule has 0 spiro atoms. The van der Waals surface area contributed by atoms with Crippen LogP contribution >= 0.6 is 15.9 Å². The summed E-state index contributed by atoms with van der Waals surface area (Å²) in [6.07, 6.45) is 0.445. The first-order valence-electron chi connectivity index (χ1n) is 9.51. The Labute approximate surface area is 183 Å². The molecule has 0 radical (unpaired) electrons. The summed E-state index contributed by atoms with van der Waals surface area (Å²) in [5.41, 5.74) is 0.808. The number of hydrogen-bond acceptors (Lipinski definition) is 4. The Kier molecular flexibility index (Phi) is 7.05. The van der Waals surface area contributed by atoms with Gasteiger partial charge in [0.15, 0.2) is 5.78 Å². The molecule has 2 aromatic rings. The van der Waals surface area contributed by atoms with Gasteiger partial charge in [-0.15, -0.1) is 0 Å². The van der Waals surface area contributed by atoms with Crippen LogP contribution in [0.15, 0.2) is 51.8 Å². The molecule has 1 saturated heterocycles. The Morgan fingerprint density at radius 1 is 1.07 bits per heavy atom. The lowest BCUT2D eigenvalue weighted by molar-refractivity contribution is -0.132. The first-order chi connectivity index (χ1) is 14.2. The first kappa shape index (κ1) is 22.6. The third-order valence-electron chi connectivity index (χ3n) is 5.09. The number of amides is 1. The summed E-state index contributed by atoms with van der Waals surface area (Å²) in [5.74, 6) is -0.696. The third kappa shape index (κ3) is 5.14. The van der Waals surface area contributed by atoms with Crippen molar-refractivity contribution in [1.29, 1.82) is 0 Å². The van der Waals surface area contributed by atoms with Gasteiger partial charge in [0.1, 0.15) is 5.82 Å². The molecule has 0 atom stereocenters. The first-order valence-corrected chi connectivity index (χ1v) is 11.7. The maximum absolute atomic E-state index is 13.9. The summed E-state index contributed by atoms with van der Waals surface area (Å²) in [6, 6.07) is 10.7. The minimum atomic E-state index is -3.74. The van der Waals surface area contributed by atoms with Crippen LogP contribution < -0.4 is 0 Å². The lowest BCUT2D eigenvalue weighted by atomic mass is 10.1. The number of sulfonamides is 1. The molecule has 0 saturated carbocycles. The average Bonchev–Trinajstić information content (AvgIpc) is 2.73. The van der Waals surface area contributed by atoms with Gasteiger partial charge in [0.2, 0.25) is 15.9 Å². The van der Waals surface area contributed by atoms with E-state index in [2.05, 4.69) is 15.9 Å². The highest BCUT2D eigenvalue weighted by Crippen LogP contribution is 2.20. The number of Topliss-reactive ketones (excluding diaryl/α,β-unsaturated/α-hetero) is 1. The standard InChI is InChI=1S/C21H22BrFN2O4S/c1-15(26)17-3-2-4-19(13-17)30(28,29)25-11-9-24(10-12-25)21(27)8-6-16-5-7-18(22)14-20(16)23/h2-5,7,13-14H,6,8-12H2,1H3. The van der Waals surface area contributed by atoms with Crippen molar-refractivity contribution in [2.45, 2.75) is 24.7 Å². The SMILES string of the molecule is CC(=O)c1cccc(S(=O)(=O)N2CCN(C(=O)CCc3ccc(Br)cc3F)CC2)c1. The average molecular weight is 497 g/mol. The Balaban J connectivity index is 1.59. The van der Waals surface area contributed by atoms with E-state index in [1.165, 1.54) is 29.4 Å². The van der Waals surface area contributed by atoms with Crippen molar-refractivity contribution in [3.8, 4) is 0 Å². The maximum atomic E-state index is 13.9. The van der Waals surface area contributed by atoms with Crippen LogP contribution in [0, 0.1) is 5.82 Å². The highest BCUT2D eigenvalue weighted by Gasteiger charge is 2.30. The molecule has 0 aliphatic carbocycles. The second-order valence-electron chi connectivity index (χ2n) is 7.10. The molecule has 1 aliphatic rings. The highest BCUT2D eigenvalue weighted by molar-refractivity contribution is 9.10. The van der Waals surface area contributed by atoms with E-state index in [0.717, 1.165) is 0 Å². The second-order valence-corrected chi connectivity index (χ2v) is 9.96. The Morgan fingerprint density at radius 3 is 2.40 bits per heavy atom. The number of piperazine rings is 1. The summed E-state index contributed by atoms with van der Waals surface area (Å²) in [4.78, 5) is 25.7. The van der Waals surface area contributed by atoms with Gasteiger partial charge in [-0.05, 0) is 43.2 Å². The van der Waals surface area contributed by atoms with Crippen molar-refractivity contribution in [3.05, 3.63) is 63.9 Å². The van der Waals surface area contributed by atoms with E-state index in [9.17, 15) is 22.4 Å². The minimum absolute atomic E-state index is 0.0701. The fourth-order valence-electron chi connectivity index (χ4n) is 3.33. The van der Waals surface area contributed by atoms with E-state index in [4.69, 9.17) is 0 Å². The van der Waals surface area contributed by atoms with Crippen LogP contribution in [-0.4, -0.2) is 55.5 Å². The Bertz CT molecular complexity index is 1070. The van der Waals surface area contributed by atoms with Crippen LogP contribution in [0.1, 0.15) is 29.3 Å². The van der Waals surface area contributed by atoms with Crippen LogP contribution in [-0.2, 0) is 21.2 Å². The van der Waals surface area contributed by atoms with Gasteiger partial charge in [-0.25, -0.2) is 12.8 Å². The van der Waals surface area contributed by atoms with E-state index >= 15 is 0 Å². The van der Waals surface area contributed by atoms with E-state index in [0.29, 0.717) is 15.6 Å². The number of rotatable bonds is 6. The van der Waals surface area contributed by atoms with E-state index in [-0.39, 0.29) is 61.4 Å². The number of ketones is 1. The molecule has 9 heteroatoms. The molecule has 0 aromatic heterocycles. The minimum Gasteiger partial charge on any atom is -0.340 e. The van der Waals surface area contributed by atoms with Gasteiger partial charge in [-0.1, -0.05) is 34.1 Å². The van der Waals surface area contributed by atoms with Gasteiger partial charge in [0.25, 0.3) is 0 Å². The molecule has 160 valence electrons. The van der Waals surface area contributed by atoms with Gasteiger partial charge < -0.3 is 4.90 Å². The second kappa shape index (κ2) is 9.36. The van der Waals surface area contributed by atoms with Crippen molar-refractivity contribution in [2.24, 2.45) is 0 Å². The van der Waals surface area contributed by atoms with Gasteiger partial charge in [-0.3, -0.25) is 9.59 Å². The van der Waals surface area contributed by atoms with E-state index in [1.807, 2.05) is 0 Å². The van der Waals surface area contributed by atoms with Crippen LogP contribution in [0.25, 0.3) is 0 Å². The molecule has 2 aromatic carbocycles. The van der Waals surface area contributed by atoms with Crippen LogP contribution in [0.2, 0.25) is 0 Å². The molecule has 1 amide bonds. The number of benzene rings is 2. The van der Waals surface area contributed by atoms with Gasteiger partial charge in [-0.2, -0.15) is 4.31 Å². The van der Waals surface area contributed by atoms with Crippen LogP contribution in [0.3, 0.4) is 0 Å². The Morgan fingerprint density at radius 2 is 1.77 bits per heavy atom. The smallest absolute Gasteiger partial charge is 0.243 e. The van der Waals surface area contributed by atoms with Crippen molar-refractivity contribution >= 4 is 37.6 Å². The zero-order chi connectivity index (χ0) is 21.9. The zero-order valence-electron chi connectivity index (χ0n) is 16.5. The molecule has 0 N–H and O–H groups in total. The van der Waals surface area contributed by atoms with E-state index in [1.54, 1.807) is 29.2 Å². The normalized spacial score (nSPS) is 15.2. The van der Waals surface area contributed by atoms with Crippen molar-refractivity contribution < 1.29 is 22.4 Å². The van der Waals surface area contributed by atoms with Crippen molar-refractivity contribution in [1.82, 2.24) is 9.21 Å². The summed E-state index contributed by atoms with van der Waals surface area (Å²) in [6.45, 7) is 2.27. The molecular weight excluding hydrogens is 475 g/mol. The monoisotopic (exact) mass is 496 g/mol. The van der Waals surface area contributed by atoms with E-state index < -0.39 is 10.0 Å². The molecule has 1 heterocycles. The number of halogens is 2. The van der Waals surface area contributed by atoms with Crippen LogP contribution in [0.4, 0.5) is 4.39 Å². The van der Waals surface area contributed by atoms with Crippen LogP contribution in [0.5, 0.6) is 0 Å². The summed E-state index contributed by atoms with van der Waals surface area (Å²) >= 11 is 3.20. The predicted octanol–water partition coefficient (Wildman–Crippen LogP) is 3.26. The molecule has 3 rings (SSSR count). The fraction of sp³-hybridized carbons (Fsp3) is 0.333. The molecule has 6 nitrogen and oxygen atoms in total. The third-order valence-corrected chi connectivity index (χ3v) is 7.48. The van der Waals surface area contributed by atoms with Crippen molar-refractivity contribution in [2.75, 3.05) is 26.2 Å². The quantitative estimate of drug-likeness (QED) is 0.575. The van der Waals surface area contributed by atoms with Gasteiger partial charge >= 0.3 is 0 Å². The lowest BCUT2D eigenvalue weighted by Crippen LogP contribution is -2.50.